The van der Waals surface area contributed by atoms with Crippen molar-refractivity contribution in [3.63, 3.8) is 0 Å². The molecule has 0 bridgehead atoms. The Labute approximate surface area is 95.7 Å². The van der Waals surface area contributed by atoms with E-state index in [4.69, 9.17) is 5.73 Å². The summed E-state index contributed by atoms with van der Waals surface area (Å²) in [6.45, 7) is 2.23. The smallest absolute Gasteiger partial charge is 0.319 e. The number of nitrogens with two attached hydrogens (primary N) is 1. The zero-order valence-corrected chi connectivity index (χ0v) is 9.47. The molecule has 0 aromatic heterocycles. The van der Waals surface area contributed by atoms with E-state index in [0.717, 1.165) is 6.42 Å². The number of urea groups is 1. The van der Waals surface area contributed by atoms with Crippen LogP contribution < -0.4 is 10.6 Å². The van der Waals surface area contributed by atoms with Crippen molar-refractivity contribution < 1.29 is 9.90 Å². The molecular weight excluding hydrogens is 204 g/mol. The van der Waals surface area contributed by atoms with E-state index in [1.54, 1.807) is 12.1 Å². The molecule has 4 nitrogen and oxygen atoms in total. The number of aliphatic hydroxyl groups excluding tert-OH is 1. The number of hydrogen-bond acceptors (Lipinski definition) is 2. The summed E-state index contributed by atoms with van der Waals surface area (Å²) in [6, 6.07) is 8.58. The van der Waals surface area contributed by atoms with Gasteiger partial charge in [-0.3, -0.25) is 4.90 Å². The molecule has 1 unspecified atom stereocenters. The van der Waals surface area contributed by atoms with Crippen molar-refractivity contribution >= 4 is 11.7 Å². The minimum atomic E-state index is -0.540. The molecule has 1 aromatic rings. The van der Waals surface area contributed by atoms with Gasteiger partial charge < -0.3 is 10.8 Å². The highest BCUT2D eigenvalue weighted by molar-refractivity contribution is 5.90. The summed E-state index contributed by atoms with van der Waals surface area (Å²) in [6.07, 6.45) is 1.01. The molecule has 16 heavy (non-hydrogen) atoms. The molecule has 0 aliphatic heterocycles. The van der Waals surface area contributed by atoms with Crippen LogP contribution in [0, 0.1) is 0 Å². The molecule has 2 amide bonds. The van der Waals surface area contributed by atoms with E-state index in [1.165, 1.54) is 4.90 Å². The second kappa shape index (κ2) is 6.12. The molecule has 4 heteroatoms. The first-order chi connectivity index (χ1) is 7.65. The fourth-order valence-corrected chi connectivity index (χ4v) is 1.57. The Morgan fingerprint density at radius 3 is 2.56 bits per heavy atom. The quantitative estimate of drug-likeness (QED) is 0.796. The summed E-state index contributed by atoms with van der Waals surface area (Å²) >= 11 is 0. The highest BCUT2D eigenvalue weighted by Gasteiger charge is 2.15. The molecule has 1 rings (SSSR count). The first kappa shape index (κ1) is 12.5. The van der Waals surface area contributed by atoms with Crippen LogP contribution in [-0.4, -0.2) is 23.8 Å². The van der Waals surface area contributed by atoms with E-state index in [9.17, 15) is 9.90 Å². The van der Waals surface area contributed by atoms with Gasteiger partial charge in [0.15, 0.2) is 0 Å². The van der Waals surface area contributed by atoms with Gasteiger partial charge in [0.2, 0.25) is 0 Å². The Hall–Kier alpha value is -1.55. The van der Waals surface area contributed by atoms with Gasteiger partial charge in [-0.1, -0.05) is 31.5 Å². The zero-order valence-electron chi connectivity index (χ0n) is 9.47. The fourth-order valence-electron chi connectivity index (χ4n) is 1.57. The van der Waals surface area contributed by atoms with Crippen molar-refractivity contribution in [1.29, 1.82) is 0 Å². The molecule has 1 aromatic carbocycles. The van der Waals surface area contributed by atoms with Crippen molar-refractivity contribution in [2.45, 2.75) is 25.9 Å². The average molecular weight is 222 g/mol. The third kappa shape index (κ3) is 3.55. The molecular formula is C12H18N2O2. The standard InChI is InChI=1S/C12H18N2O2/c1-2-6-11(15)9-14(12(13)16)10-7-4-3-5-8-10/h3-5,7-8,11,15H,2,6,9H2,1H3,(H2,13,16). The first-order valence-electron chi connectivity index (χ1n) is 5.45. The van der Waals surface area contributed by atoms with E-state index in [1.807, 2.05) is 25.1 Å². The van der Waals surface area contributed by atoms with Gasteiger partial charge in [-0.05, 0) is 18.6 Å². The number of anilines is 1. The SMILES string of the molecule is CCCC(O)CN(C(N)=O)c1ccccc1. The molecule has 0 radical (unpaired) electrons. The Morgan fingerprint density at radius 1 is 1.44 bits per heavy atom. The van der Waals surface area contributed by atoms with Crippen molar-refractivity contribution in [2.75, 3.05) is 11.4 Å². The summed E-state index contributed by atoms with van der Waals surface area (Å²) in [4.78, 5) is 12.7. The molecule has 1 atom stereocenters. The Morgan fingerprint density at radius 2 is 2.06 bits per heavy atom. The zero-order chi connectivity index (χ0) is 12.0. The molecule has 0 saturated carbocycles. The number of nitrogens with zero attached hydrogens (tertiary/aromatic N) is 1. The lowest BCUT2D eigenvalue weighted by Crippen LogP contribution is -2.41. The molecule has 0 fully saturated rings. The summed E-state index contributed by atoms with van der Waals surface area (Å²) in [5.74, 6) is 0. The Kier molecular flexibility index (Phi) is 4.79. The third-order valence-corrected chi connectivity index (χ3v) is 2.35. The van der Waals surface area contributed by atoms with Crippen LogP contribution in [0.2, 0.25) is 0 Å². The topological polar surface area (TPSA) is 66.6 Å². The summed E-state index contributed by atoms with van der Waals surface area (Å²) < 4.78 is 0. The van der Waals surface area contributed by atoms with Crippen LogP contribution in [0.5, 0.6) is 0 Å². The number of para-hydroxylation sites is 1. The van der Waals surface area contributed by atoms with Gasteiger partial charge in [0, 0.05) is 5.69 Å². The Bertz CT molecular complexity index is 327. The van der Waals surface area contributed by atoms with Gasteiger partial charge in [0.05, 0.1) is 12.6 Å². The molecule has 0 aliphatic rings. The lowest BCUT2D eigenvalue weighted by atomic mass is 10.2. The van der Waals surface area contributed by atoms with Gasteiger partial charge in [-0.25, -0.2) is 4.79 Å². The Balaban J connectivity index is 2.73. The van der Waals surface area contributed by atoms with E-state index < -0.39 is 12.1 Å². The van der Waals surface area contributed by atoms with Gasteiger partial charge in [0.1, 0.15) is 0 Å². The van der Waals surface area contributed by atoms with E-state index in [2.05, 4.69) is 0 Å². The lowest BCUT2D eigenvalue weighted by Gasteiger charge is -2.23. The number of carbonyl (C=O) groups is 1. The number of amides is 2. The normalized spacial score (nSPS) is 12.1. The molecule has 0 heterocycles. The predicted molar refractivity (Wildman–Crippen MR) is 64.3 cm³/mol. The van der Waals surface area contributed by atoms with Crippen LogP contribution in [0.1, 0.15) is 19.8 Å². The van der Waals surface area contributed by atoms with E-state index >= 15 is 0 Å². The van der Waals surface area contributed by atoms with Gasteiger partial charge >= 0.3 is 6.03 Å². The van der Waals surface area contributed by atoms with Crippen molar-refractivity contribution in [1.82, 2.24) is 0 Å². The molecule has 0 spiro atoms. The summed E-state index contributed by atoms with van der Waals surface area (Å²) in [5.41, 5.74) is 6.00. The van der Waals surface area contributed by atoms with Crippen LogP contribution in [0.3, 0.4) is 0 Å². The summed E-state index contributed by atoms with van der Waals surface area (Å²) in [7, 11) is 0. The van der Waals surface area contributed by atoms with Crippen LogP contribution in [-0.2, 0) is 0 Å². The molecule has 0 aliphatic carbocycles. The number of benzene rings is 1. The van der Waals surface area contributed by atoms with Crippen LogP contribution in [0.25, 0.3) is 0 Å². The predicted octanol–water partition coefficient (Wildman–Crippen LogP) is 1.73. The number of hydrogen-bond donors (Lipinski definition) is 2. The monoisotopic (exact) mass is 222 g/mol. The lowest BCUT2D eigenvalue weighted by molar-refractivity contribution is 0.168. The summed E-state index contributed by atoms with van der Waals surface area (Å²) in [5, 5.41) is 9.68. The minimum absolute atomic E-state index is 0.243. The second-order valence-electron chi connectivity index (χ2n) is 3.73. The van der Waals surface area contributed by atoms with Crippen molar-refractivity contribution in [3.8, 4) is 0 Å². The van der Waals surface area contributed by atoms with E-state index in [-0.39, 0.29) is 6.54 Å². The van der Waals surface area contributed by atoms with E-state index in [0.29, 0.717) is 12.1 Å². The number of primary amides is 1. The fraction of sp³-hybridized carbons (Fsp3) is 0.417. The third-order valence-electron chi connectivity index (χ3n) is 2.35. The first-order valence-corrected chi connectivity index (χ1v) is 5.45. The maximum Gasteiger partial charge on any atom is 0.319 e. The molecule has 88 valence electrons. The molecule has 3 N–H and O–H groups in total. The number of rotatable bonds is 5. The maximum atomic E-state index is 11.3. The highest BCUT2D eigenvalue weighted by atomic mass is 16.3. The minimum Gasteiger partial charge on any atom is -0.391 e. The maximum absolute atomic E-state index is 11.3. The van der Waals surface area contributed by atoms with Gasteiger partial charge in [-0.2, -0.15) is 0 Å². The number of carbonyl (C=O) groups excluding carboxylic acids is 1. The largest absolute Gasteiger partial charge is 0.391 e. The molecule has 0 saturated heterocycles. The van der Waals surface area contributed by atoms with Crippen LogP contribution >= 0.6 is 0 Å². The second-order valence-corrected chi connectivity index (χ2v) is 3.73. The van der Waals surface area contributed by atoms with Crippen LogP contribution in [0.4, 0.5) is 10.5 Å². The number of aliphatic hydroxyl groups is 1. The van der Waals surface area contributed by atoms with Crippen molar-refractivity contribution in [2.24, 2.45) is 5.73 Å². The highest BCUT2D eigenvalue weighted by Crippen LogP contribution is 2.14. The van der Waals surface area contributed by atoms with Crippen LogP contribution in [0.15, 0.2) is 30.3 Å². The van der Waals surface area contributed by atoms with Gasteiger partial charge in [0.25, 0.3) is 0 Å². The van der Waals surface area contributed by atoms with Gasteiger partial charge in [-0.15, -0.1) is 0 Å². The van der Waals surface area contributed by atoms with Crippen molar-refractivity contribution in [3.05, 3.63) is 30.3 Å². The average Bonchev–Trinajstić information content (AvgIpc) is 2.27.